The standard InChI is InChI=1S/C27H35FN2O5/c1-27(2,3)35-26(32)30-16-14-24(17-30)34-23-12-8-20(9-13-23)5-4-15-29-25(31)19-33-18-21-6-10-22(28)11-7-21/h6-13,24H,4-5,14-19H2,1-3H3,(H,29,31)/t24-/m0/s1. The van der Waals surface area contributed by atoms with E-state index >= 15 is 0 Å². The second kappa shape index (κ2) is 12.5. The van der Waals surface area contributed by atoms with E-state index in [0.29, 0.717) is 19.6 Å². The molecule has 1 saturated heterocycles. The highest BCUT2D eigenvalue weighted by atomic mass is 19.1. The second-order valence-corrected chi connectivity index (χ2v) is 9.67. The van der Waals surface area contributed by atoms with Crippen LogP contribution in [-0.2, 0) is 27.3 Å². The van der Waals surface area contributed by atoms with E-state index in [9.17, 15) is 14.0 Å². The van der Waals surface area contributed by atoms with Gasteiger partial charge in [0.1, 0.15) is 29.9 Å². The number of nitrogens with one attached hydrogen (secondary N) is 1. The lowest BCUT2D eigenvalue weighted by Crippen LogP contribution is -2.36. The molecule has 1 N–H and O–H groups in total. The minimum absolute atomic E-state index is 0.0318. The van der Waals surface area contributed by atoms with Gasteiger partial charge >= 0.3 is 6.09 Å². The molecule has 1 atom stereocenters. The Morgan fingerprint density at radius 3 is 2.43 bits per heavy atom. The average Bonchev–Trinajstić information content (AvgIpc) is 3.27. The van der Waals surface area contributed by atoms with Gasteiger partial charge < -0.3 is 24.4 Å². The van der Waals surface area contributed by atoms with Crippen LogP contribution < -0.4 is 10.1 Å². The van der Waals surface area contributed by atoms with E-state index in [4.69, 9.17) is 14.2 Å². The molecule has 0 radical (unpaired) electrons. The minimum Gasteiger partial charge on any atom is -0.489 e. The summed E-state index contributed by atoms with van der Waals surface area (Å²) < 4.78 is 29.7. The van der Waals surface area contributed by atoms with Gasteiger partial charge in [0.25, 0.3) is 0 Å². The van der Waals surface area contributed by atoms with Crippen LogP contribution in [0.5, 0.6) is 5.75 Å². The molecule has 0 aliphatic carbocycles. The topological polar surface area (TPSA) is 77.1 Å². The van der Waals surface area contributed by atoms with Crippen LogP contribution in [0.4, 0.5) is 9.18 Å². The lowest BCUT2D eigenvalue weighted by Gasteiger charge is -2.24. The Kier molecular flexibility index (Phi) is 9.48. The van der Waals surface area contributed by atoms with E-state index in [1.807, 2.05) is 45.0 Å². The highest BCUT2D eigenvalue weighted by Gasteiger charge is 2.30. The quantitative estimate of drug-likeness (QED) is 0.501. The number of amides is 2. The van der Waals surface area contributed by atoms with Gasteiger partial charge in [-0.3, -0.25) is 4.79 Å². The van der Waals surface area contributed by atoms with Crippen molar-refractivity contribution in [2.45, 2.75) is 58.3 Å². The molecule has 0 unspecified atom stereocenters. The number of benzene rings is 2. The minimum atomic E-state index is -0.506. The summed E-state index contributed by atoms with van der Waals surface area (Å²) in [6.45, 7) is 7.51. The summed E-state index contributed by atoms with van der Waals surface area (Å²) in [5.41, 5.74) is 1.47. The van der Waals surface area contributed by atoms with Crippen molar-refractivity contribution in [1.82, 2.24) is 10.2 Å². The van der Waals surface area contributed by atoms with Crippen LogP contribution in [-0.4, -0.2) is 54.8 Å². The van der Waals surface area contributed by atoms with Crippen LogP contribution in [0.1, 0.15) is 44.7 Å². The third-order valence-electron chi connectivity index (χ3n) is 5.40. The lowest BCUT2D eigenvalue weighted by atomic mass is 10.1. The molecule has 190 valence electrons. The van der Waals surface area contributed by atoms with Gasteiger partial charge in [0.2, 0.25) is 5.91 Å². The molecular weight excluding hydrogens is 451 g/mol. The third-order valence-corrected chi connectivity index (χ3v) is 5.40. The molecule has 8 heteroatoms. The lowest BCUT2D eigenvalue weighted by molar-refractivity contribution is -0.126. The zero-order valence-electron chi connectivity index (χ0n) is 20.7. The van der Waals surface area contributed by atoms with Gasteiger partial charge in [-0.1, -0.05) is 24.3 Å². The number of halogens is 1. The van der Waals surface area contributed by atoms with E-state index in [0.717, 1.165) is 36.1 Å². The predicted octanol–water partition coefficient (Wildman–Crippen LogP) is 4.48. The Balaban J connectivity index is 1.29. The number of likely N-dealkylation sites (tertiary alicyclic amines) is 1. The van der Waals surface area contributed by atoms with Crippen LogP contribution in [0.2, 0.25) is 0 Å². The summed E-state index contributed by atoms with van der Waals surface area (Å²) in [7, 11) is 0. The highest BCUT2D eigenvalue weighted by molar-refractivity contribution is 5.77. The number of rotatable bonds is 10. The number of hydrogen-bond acceptors (Lipinski definition) is 5. The summed E-state index contributed by atoms with van der Waals surface area (Å²) in [4.78, 5) is 25.8. The van der Waals surface area contributed by atoms with Crippen molar-refractivity contribution in [2.24, 2.45) is 0 Å². The normalized spacial score (nSPS) is 15.7. The fourth-order valence-corrected chi connectivity index (χ4v) is 3.66. The van der Waals surface area contributed by atoms with Crippen LogP contribution in [0.3, 0.4) is 0 Å². The number of nitrogens with zero attached hydrogens (tertiary/aromatic N) is 1. The molecule has 1 aliphatic heterocycles. The molecule has 0 spiro atoms. The fraction of sp³-hybridized carbons (Fsp3) is 0.481. The SMILES string of the molecule is CC(C)(C)OC(=O)N1CC[C@H](Oc2ccc(CCCNC(=O)COCc3ccc(F)cc3)cc2)C1. The smallest absolute Gasteiger partial charge is 0.410 e. The molecule has 0 aromatic heterocycles. The number of hydrogen-bond donors (Lipinski definition) is 1. The second-order valence-electron chi connectivity index (χ2n) is 9.67. The van der Waals surface area contributed by atoms with E-state index in [1.165, 1.54) is 12.1 Å². The van der Waals surface area contributed by atoms with Crippen LogP contribution in [0, 0.1) is 5.82 Å². The Hall–Kier alpha value is -3.13. The number of ether oxygens (including phenoxy) is 3. The first-order valence-corrected chi connectivity index (χ1v) is 12.0. The zero-order valence-corrected chi connectivity index (χ0v) is 20.7. The maximum atomic E-state index is 12.9. The molecule has 3 rings (SSSR count). The molecule has 0 saturated carbocycles. The first-order valence-electron chi connectivity index (χ1n) is 12.0. The average molecular weight is 487 g/mol. The first-order chi connectivity index (χ1) is 16.7. The summed E-state index contributed by atoms with van der Waals surface area (Å²) in [6, 6.07) is 13.9. The molecule has 2 amide bonds. The van der Waals surface area contributed by atoms with Crippen molar-refractivity contribution < 1.29 is 28.2 Å². The molecule has 1 fully saturated rings. The van der Waals surface area contributed by atoms with Crippen molar-refractivity contribution in [1.29, 1.82) is 0 Å². The number of carbonyl (C=O) groups excluding carboxylic acids is 2. The van der Waals surface area contributed by atoms with Crippen LogP contribution in [0.15, 0.2) is 48.5 Å². The molecule has 1 aliphatic rings. The van der Waals surface area contributed by atoms with E-state index in [-0.39, 0.29) is 37.1 Å². The number of carbonyl (C=O) groups is 2. The molecule has 2 aromatic rings. The van der Waals surface area contributed by atoms with Crippen molar-refractivity contribution in [3.63, 3.8) is 0 Å². The van der Waals surface area contributed by atoms with Gasteiger partial charge in [0.05, 0.1) is 13.2 Å². The number of aryl methyl sites for hydroxylation is 1. The largest absolute Gasteiger partial charge is 0.489 e. The van der Waals surface area contributed by atoms with Crippen molar-refractivity contribution >= 4 is 12.0 Å². The summed E-state index contributed by atoms with van der Waals surface area (Å²) in [5, 5.41) is 2.84. The molecule has 7 nitrogen and oxygen atoms in total. The molecular formula is C27H35FN2O5. The Bertz CT molecular complexity index is 957. The molecule has 35 heavy (non-hydrogen) atoms. The maximum Gasteiger partial charge on any atom is 0.410 e. The van der Waals surface area contributed by atoms with Crippen LogP contribution in [0.25, 0.3) is 0 Å². The van der Waals surface area contributed by atoms with Gasteiger partial charge in [-0.2, -0.15) is 0 Å². The van der Waals surface area contributed by atoms with Crippen molar-refractivity contribution in [3.8, 4) is 5.75 Å². The van der Waals surface area contributed by atoms with Crippen LogP contribution >= 0.6 is 0 Å². The van der Waals surface area contributed by atoms with Gasteiger partial charge in [0, 0.05) is 19.5 Å². The fourth-order valence-electron chi connectivity index (χ4n) is 3.66. The van der Waals surface area contributed by atoms with Gasteiger partial charge in [-0.15, -0.1) is 0 Å². The van der Waals surface area contributed by atoms with E-state index in [2.05, 4.69) is 5.32 Å². The molecule has 1 heterocycles. The van der Waals surface area contributed by atoms with Gasteiger partial charge in [-0.05, 0) is 69.0 Å². The van der Waals surface area contributed by atoms with Gasteiger partial charge in [-0.25, -0.2) is 9.18 Å². The van der Waals surface area contributed by atoms with E-state index < -0.39 is 5.60 Å². The Morgan fingerprint density at radius 2 is 1.74 bits per heavy atom. The molecule has 2 aromatic carbocycles. The van der Waals surface area contributed by atoms with E-state index in [1.54, 1.807) is 17.0 Å². The summed E-state index contributed by atoms with van der Waals surface area (Å²) in [6.07, 6.45) is 2.05. The van der Waals surface area contributed by atoms with Gasteiger partial charge in [0.15, 0.2) is 0 Å². The Morgan fingerprint density at radius 1 is 1.06 bits per heavy atom. The highest BCUT2D eigenvalue weighted by Crippen LogP contribution is 2.21. The zero-order chi connectivity index (χ0) is 25.3. The molecule has 0 bridgehead atoms. The monoisotopic (exact) mass is 486 g/mol. The summed E-state index contributed by atoms with van der Waals surface area (Å²) >= 11 is 0. The Labute approximate surface area is 206 Å². The predicted molar refractivity (Wildman–Crippen MR) is 131 cm³/mol. The maximum absolute atomic E-state index is 12.9. The third kappa shape index (κ3) is 9.56. The summed E-state index contributed by atoms with van der Waals surface area (Å²) in [5.74, 6) is 0.304. The van der Waals surface area contributed by atoms with Crippen molar-refractivity contribution in [2.75, 3.05) is 26.2 Å². The van der Waals surface area contributed by atoms with Crippen molar-refractivity contribution in [3.05, 3.63) is 65.5 Å². The first kappa shape index (κ1) is 26.5.